The summed E-state index contributed by atoms with van der Waals surface area (Å²) < 4.78 is 13.5. The van der Waals surface area contributed by atoms with Gasteiger partial charge in [-0.15, -0.1) is 11.3 Å². The summed E-state index contributed by atoms with van der Waals surface area (Å²) in [6, 6.07) is 21.5. The number of nitrogen functional groups attached to an aromatic ring is 1. The lowest BCUT2D eigenvalue weighted by atomic mass is 10.0. The van der Waals surface area contributed by atoms with E-state index in [2.05, 4.69) is 9.97 Å². The Balaban J connectivity index is 1.58. The van der Waals surface area contributed by atoms with Crippen LogP contribution in [0.3, 0.4) is 0 Å². The number of nitrogens with two attached hydrogens (primary N) is 1. The number of benzene rings is 3. The number of carbonyl (C=O) groups is 1. The predicted octanol–water partition coefficient (Wildman–Crippen LogP) is 6.18. The average Bonchev–Trinajstić information content (AvgIpc) is 3.37. The second-order valence-corrected chi connectivity index (χ2v) is 9.02. The van der Waals surface area contributed by atoms with Crippen LogP contribution in [0.2, 0.25) is 0 Å². The highest BCUT2D eigenvalue weighted by molar-refractivity contribution is 7.18. The molecule has 2 heterocycles. The Morgan fingerprint density at radius 1 is 0.765 bits per heavy atom. The first-order chi connectivity index (χ1) is 16.5. The minimum Gasteiger partial charge on any atom is -0.368 e. The van der Waals surface area contributed by atoms with Gasteiger partial charge in [0.25, 0.3) is 0 Å². The van der Waals surface area contributed by atoms with E-state index < -0.39 is 0 Å². The molecule has 5 nitrogen and oxygen atoms in total. The van der Waals surface area contributed by atoms with Crippen LogP contribution < -0.4 is 5.73 Å². The van der Waals surface area contributed by atoms with Crippen LogP contribution in [-0.4, -0.2) is 20.7 Å². The summed E-state index contributed by atoms with van der Waals surface area (Å²) in [5.41, 5.74) is 12.0. The number of ketones is 1. The molecule has 34 heavy (non-hydrogen) atoms. The number of halogens is 1. The maximum Gasteiger partial charge on any atom is 0.221 e. The highest BCUT2D eigenvalue weighted by atomic mass is 32.1. The molecule has 5 aromatic rings. The number of aromatic nitrogens is 3. The smallest absolute Gasteiger partial charge is 0.221 e. The third kappa shape index (κ3) is 3.13. The summed E-state index contributed by atoms with van der Waals surface area (Å²) in [4.78, 5) is 28.1. The fourth-order valence-corrected chi connectivity index (χ4v) is 5.47. The van der Waals surface area contributed by atoms with E-state index in [9.17, 15) is 9.18 Å². The molecule has 2 N–H and O–H groups in total. The maximum absolute atomic E-state index is 13.5. The number of carbonyl (C=O) groups excluding carboxylic acids is 1. The summed E-state index contributed by atoms with van der Waals surface area (Å²) >= 11 is 1.58. The van der Waals surface area contributed by atoms with E-state index in [0.717, 1.165) is 32.3 Å². The summed E-state index contributed by atoms with van der Waals surface area (Å²) in [6.45, 7) is 1.97. The van der Waals surface area contributed by atoms with E-state index in [0.29, 0.717) is 28.1 Å². The van der Waals surface area contributed by atoms with Gasteiger partial charge in [-0.05, 0) is 31.2 Å². The van der Waals surface area contributed by atoms with Crippen LogP contribution in [0.25, 0.3) is 43.5 Å². The van der Waals surface area contributed by atoms with E-state index in [1.165, 1.54) is 12.1 Å². The lowest BCUT2D eigenvalue weighted by molar-refractivity contribution is 0.104. The van der Waals surface area contributed by atoms with E-state index >= 15 is 0 Å². The quantitative estimate of drug-likeness (QED) is 0.338. The topological polar surface area (TPSA) is 81.8 Å². The number of rotatable bonds is 3. The summed E-state index contributed by atoms with van der Waals surface area (Å²) in [5, 5.41) is 0.907. The number of fused-ring (bicyclic) bond motifs is 3. The van der Waals surface area contributed by atoms with Gasteiger partial charge in [0.1, 0.15) is 10.8 Å². The Hall–Kier alpha value is -4.23. The van der Waals surface area contributed by atoms with E-state index in [4.69, 9.17) is 10.7 Å². The van der Waals surface area contributed by atoms with Gasteiger partial charge >= 0.3 is 0 Å². The largest absolute Gasteiger partial charge is 0.368 e. The Morgan fingerprint density at radius 2 is 1.47 bits per heavy atom. The molecule has 0 spiro atoms. The Kier molecular flexibility index (Phi) is 4.60. The van der Waals surface area contributed by atoms with Gasteiger partial charge in [-0.3, -0.25) is 4.79 Å². The summed E-state index contributed by atoms with van der Waals surface area (Å²) in [5.74, 6) is -0.481. The van der Waals surface area contributed by atoms with Crippen LogP contribution in [-0.2, 0) is 0 Å². The average molecular weight is 465 g/mol. The molecule has 2 aromatic heterocycles. The molecule has 0 unspecified atom stereocenters. The molecule has 0 aliphatic heterocycles. The lowest BCUT2D eigenvalue weighted by Crippen LogP contribution is -2.05. The van der Waals surface area contributed by atoms with E-state index in [-0.39, 0.29) is 17.5 Å². The summed E-state index contributed by atoms with van der Waals surface area (Å²) in [6.07, 6.45) is 0. The second-order valence-electron chi connectivity index (χ2n) is 8.02. The fraction of sp³-hybridized carbons (Fsp3) is 0.0370. The van der Waals surface area contributed by atoms with Crippen LogP contribution >= 0.6 is 11.3 Å². The zero-order valence-corrected chi connectivity index (χ0v) is 18.9. The van der Waals surface area contributed by atoms with Gasteiger partial charge in [-0.2, -0.15) is 0 Å². The minimum atomic E-state index is -0.366. The molecule has 1 aliphatic carbocycles. The fourth-order valence-electron chi connectivity index (χ4n) is 4.36. The van der Waals surface area contributed by atoms with Gasteiger partial charge in [0.2, 0.25) is 5.95 Å². The van der Waals surface area contributed by atoms with Gasteiger partial charge in [-0.1, -0.05) is 48.5 Å². The second kappa shape index (κ2) is 7.67. The highest BCUT2D eigenvalue weighted by Gasteiger charge is 2.35. The van der Waals surface area contributed by atoms with Crippen LogP contribution in [0.1, 0.15) is 21.6 Å². The summed E-state index contributed by atoms with van der Waals surface area (Å²) in [7, 11) is 0. The van der Waals surface area contributed by atoms with Crippen molar-refractivity contribution in [3.05, 3.63) is 95.4 Å². The monoisotopic (exact) mass is 464 g/mol. The standard InChI is InChI=1S/C27H17FN4OS/c1-14-25(34-26(30-14)16-6-3-2-4-7-16)19-9-5-8-18-20(19)23-21(24(18)33)22(31-27(29)32-23)15-10-12-17(28)13-11-15/h2-13H,1H3,(H2,29,31,32). The Morgan fingerprint density at radius 3 is 2.24 bits per heavy atom. The third-order valence-electron chi connectivity index (χ3n) is 5.88. The molecule has 0 fully saturated rings. The van der Waals surface area contributed by atoms with E-state index in [1.54, 1.807) is 29.5 Å². The predicted molar refractivity (Wildman–Crippen MR) is 132 cm³/mol. The van der Waals surface area contributed by atoms with Crippen molar-refractivity contribution in [2.24, 2.45) is 0 Å². The van der Waals surface area contributed by atoms with Gasteiger partial charge in [0.15, 0.2) is 5.78 Å². The maximum atomic E-state index is 13.5. The number of hydrogen-bond donors (Lipinski definition) is 1. The molecule has 164 valence electrons. The van der Waals surface area contributed by atoms with Crippen molar-refractivity contribution in [1.82, 2.24) is 15.0 Å². The Labute approximate surface area is 198 Å². The van der Waals surface area contributed by atoms with Gasteiger partial charge in [0, 0.05) is 27.8 Å². The first-order valence-electron chi connectivity index (χ1n) is 10.7. The van der Waals surface area contributed by atoms with Gasteiger partial charge in [0.05, 0.1) is 27.5 Å². The number of thiazole rings is 1. The molecule has 7 heteroatoms. The van der Waals surface area contributed by atoms with Crippen molar-refractivity contribution in [1.29, 1.82) is 0 Å². The van der Waals surface area contributed by atoms with Crippen molar-refractivity contribution in [3.63, 3.8) is 0 Å². The lowest BCUT2D eigenvalue weighted by Gasteiger charge is -2.09. The number of nitrogens with zero attached hydrogens (tertiary/aromatic N) is 3. The molecule has 0 bridgehead atoms. The molecule has 0 atom stereocenters. The first-order valence-corrected chi connectivity index (χ1v) is 11.5. The molecule has 3 aromatic carbocycles. The zero-order chi connectivity index (χ0) is 23.4. The van der Waals surface area contributed by atoms with Crippen molar-refractivity contribution < 1.29 is 9.18 Å². The first kappa shape index (κ1) is 20.4. The minimum absolute atomic E-state index is 0.0551. The van der Waals surface area contributed by atoms with Crippen molar-refractivity contribution in [2.45, 2.75) is 6.92 Å². The molecule has 0 saturated heterocycles. The molecule has 0 saturated carbocycles. The molecule has 1 aliphatic rings. The third-order valence-corrected chi connectivity index (χ3v) is 7.12. The normalized spacial score (nSPS) is 12.0. The van der Waals surface area contributed by atoms with Crippen LogP contribution in [0.15, 0.2) is 72.8 Å². The molecule has 0 amide bonds. The number of aryl methyl sites for hydroxylation is 1. The Bertz CT molecular complexity index is 1590. The molecular formula is C27H17FN4OS. The number of anilines is 1. The molecule has 6 rings (SSSR count). The van der Waals surface area contributed by atoms with Crippen LogP contribution in [0.4, 0.5) is 10.3 Å². The van der Waals surface area contributed by atoms with Gasteiger partial charge < -0.3 is 5.73 Å². The molecule has 0 radical (unpaired) electrons. The van der Waals surface area contributed by atoms with Crippen molar-refractivity contribution in [2.75, 3.05) is 5.73 Å². The SMILES string of the molecule is Cc1nc(-c2ccccc2)sc1-c1cccc2c1-c1nc(N)nc(-c3ccc(F)cc3)c1C2=O. The number of hydrogen-bond acceptors (Lipinski definition) is 6. The van der Waals surface area contributed by atoms with Crippen LogP contribution in [0.5, 0.6) is 0 Å². The highest BCUT2D eigenvalue weighted by Crippen LogP contribution is 2.47. The molecular weight excluding hydrogens is 447 g/mol. The van der Waals surface area contributed by atoms with E-state index in [1.807, 2.05) is 49.4 Å². The van der Waals surface area contributed by atoms with Crippen molar-refractivity contribution >= 4 is 23.1 Å². The van der Waals surface area contributed by atoms with Crippen LogP contribution in [0, 0.1) is 12.7 Å². The van der Waals surface area contributed by atoms with Crippen molar-refractivity contribution in [3.8, 4) is 43.5 Å². The van der Waals surface area contributed by atoms with Gasteiger partial charge in [-0.25, -0.2) is 19.3 Å². The zero-order valence-electron chi connectivity index (χ0n) is 18.0.